The van der Waals surface area contributed by atoms with Gasteiger partial charge in [0.1, 0.15) is 5.82 Å². The second kappa shape index (κ2) is 6.89. The van der Waals surface area contributed by atoms with E-state index in [4.69, 9.17) is 5.73 Å². The fourth-order valence-electron chi connectivity index (χ4n) is 6.45. The van der Waals surface area contributed by atoms with Gasteiger partial charge in [0.2, 0.25) is 5.91 Å². The summed E-state index contributed by atoms with van der Waals surface area (Å²) in [5.74, 6) is -0.509. The zero-order chi connectivity index (χ0) is 21.9. The van der Waals surface area contributed by atoms with Crippen LogP contribution >= 0.6 is 0 Å². The average Bonchev–Trinajstić information content (AvgIpc) is 3.06. The SMILES string of the molecule is NC(=O)Cc1ccccc1CC[C@]12CCC3=Cc4c(cnn4-c4ccc(F)cc4)C[C@@]31C2. The van der Waals surface area contributed by atoms with Crippen LogP contribution in [-0.2, 0) is 24.1 Å². The van der Waals surface area contributed by atoms with Gasteiger partial charge in [-0.3, -0.25) is 4.79 Å². The van der Waals surface area contributed by atoms with Crippen molar-refractivity contribution in [3.63, 3.8) is 0 Å². The highest BCUT2D eigenvalue weighted by molar-refractivity contribution is 5.77. The quantitative estimate of drug-likeness (QED) is 0.615. The molecule has 1 amide bonds. The molecule has 3 aliphatic carbocycles. The Bertz CT molecular complexity index is 1260. The molecular weight excluding hydrogens is 401 g/mol. The summed E-state index contributed by atoms with van der Waals surface area (Å²) >= 11 is 0. The minimum atomic E-state index is -0.275. The number of aromatic nitrogens is 2. The highest BCUT2D eigenvalue weighted by Crippen LogP contribution is 2.79. The van der Waals surface area contributed by atoms with Crippen molar-refractivity contribution in [1.29, 1.82) is 0 Å². The minimum absolute atomic E-state index is 0.233. The average molecular weight is 428 g/mol. The second-order valence-corrected chi connectivity index (χ2v) is 9.74. The summed E-state index contributed by atoms with van der Waals surface area (Å²) in [6.45, 7) is 0. The van der Waals surface area contributed by atoms with E-state index in [1.165, 1.54) is 36.1 Å². The maximum atomic E-state index is 13.4. The molecule has 1 heterocycles. The van der Waals surface area contributed by atoms with Gasteiger partial charge < -0.3 is 5.73 Å². The van der Waals surface area contributed by atoms with E-state index in [1.54, 1.807) is 17.7 Å². The van der Waals surface area contributed by atoms with Crippen molar-refractivity contribution < 1.29 is 9.18 Å². The zero-order valence-corrected chi connectivity index (χ0v) is 18.0. The van der Waals surface area contributed by atoms with Crippen molar-refractivity contribution >= 4 is 12.0 Å². The molecule has 0 bridgehead atoms. The van der Waals surface area contributed by atoms with Crippen LogP contribution in [0.2, 0.25) is 0 Å². The van der Waals surface area contributed by atoms with Gasteiger partial charge in [0.15, 0.2) is 0 Å². The number of nitrogens with zero attached hydrogens (tertiary/aromatic N) is 2. The number of carbonyl (C=O) groups is 1. The van der Waals surface area contributed by atoms with Gasteiger partial charge >= 0.3 is 0 Å². The summed E-state index contributed by atoms with van der Waals surface area (Å²) in [4.78, 5) is 11.5. The van der Waals surface area contributed by atoms with E-state index in [-0.39, 0.29) is 17.1 Å². The Labute approximate surface area is 186 Å². The van der Waals surface area contributed by atoms with Gasteiger partial charge in [-0.25, -0.2) is 9.07 Å². The van der Waals surface area contributed by atoms with E-state index in [0.717, 1.165) is 42.6 Å². The molecule has 32 heavy (non-hydrogen) atoms. The molecule has 2 N–H and O–H groups in total. The third-order valence-electron chi connectivity index (χ3n) is 8.13. The van der Waals surface area contributed by atoms with Gasteiger partial charge in [-0.15, -0.1) is 0 Å². The smallest absolute Gasteiger partial charge is 0.221 e. The summed E-state index contributed by atoms with van der Waals surface area (Å²) in [5.41, 5.74) is 13.3. The molecule has 3 aromatic rings. The van der Waals surface area contributed by atoms with Crippen LogP contribution in [0.15, 0.2) is 60.3 Å². The van der Waals surface area contributed by atoms with E-state index in [0.29, 0.717) is 11.8 Å². The molecule has 2 saturated carbocycles. The predicted octanol–water partition coefficient (Wildman–Crippen LogP) is 4.78. The summed E-state index contributed by atoms with van der Waals surface area (Å²) < 4.78 is 15.3. The van der Waals surface area contributed by atoms with Crippen molar-refractivity contribution in [2.24, 2.45) is 16.6 Å². The number of aryl methyl sites for hydroxylation is 1. The molecule has 3 aliphatic rings. The Morgan fingerprint density at radius 2 is 1.91 bits per heavy atom. The van der Waals surface area contributed by atoms with Crippen molar-refractivity contribution in [3.05, 3.63) is 88.5 Å². The Morgan fingerprint density at radius 3 is 2.69 bits per heavy atom. The van der Waals surface area contributed by atoms with Gasteiger partial charge in [0.25, 0.3) is 0 Å². The van der Waals surface area contributed by atoms with Crippen LogP contribution in [0.1, 0.15) is 48.1 Å². The molecule has 5 heteroatoms. The Balaban J connectivity index is 1.25. The molecule has 0 aliphatic heterocycles. The van der Waals surface area contributed by atoms with Crippen LogP contribution in [0.4, 0.5) is 4.39 Å². The van der Waals surface area contributed by atoms with Crippen molar-refractivity contribution in [2.75, 3.05) is 0 Å². The molecular formula is C27H26FN3O. The van der Waals surface area contributed by atoms with Crippen molar-refractivity contribution in [1.82, 2.24) is 9.78 Å². The number of carbonyl (C=O) groups excluding carboxylic acids is 1. The molecule has 0 saturated heterocycles. The van der Waals surface area contributed by atoms with Gasteiger partial charge in [0, 0.05) is 5.41 Å². The van der Waals surface area contributed by atoms with Crippen molar-refractivity contribution in [2.45, 2.75) is 44.9 Å². The van der Waals surface area contributed by atoms with Gasteiger partial charge in [-0.05, 0) is 91.0 Å². The Kier molecular flexibility index (Phi) is 4.19. The number of hydrogen-bond acceptors (Lipinski definition) is 2. The molecule has 1 aromatic heterocycles. The topological polar surface area (TPSA) is 60.9 Å². The minimum Gasteiger partial charge on any atom is -0.369 e. The molecule has 2 atom stereocenters. The number of rotatable bonds is 6. The molecule has 2 aromatic carbocycles. The lowest BCUT2D eigenvalue weighted by Gasteiger charge is -2.24. The van der Waals surface area contributed by atoms with Crippen LogP contribution in [-0.4, -0.2) is 15.7 Å². The fourth-order valence-corrected chi connectivity index (χ4v) is 6.45. The van der Waals surface area contributed by atoms with E-state index < -0.39 is 0 Å². The molecule has 0 radical (unpaired) electrons. The van der Waals surface area contributed by atoms with Crippen LogP contribution < -0.4 is 5.73 Å². The molecule has 1 spiro atoms. The summed E-state index contributed by atoms with van der Waals surface area (Å²) in [6, 6.07) is 14.7. The number of amides is 1. The molecule has 0 unspecified atom stereocenters. The molecule has 4 nitrogen and oxygen atoms in total. The predicted molar refractivity (Wildman–Crippen MR) is 122 cm³/mol. The first-order valence-electron chi connectivity index (χ1n) is 11.4. The lowest BCUT2D eigenvalue weighted by molar-refractivity contribution is -0.117. The zero-order valence-electron chi connectivity index (χ0n) is 18.0. The number of nitrogens with two attached hydrogens (primary N) is 1. The van der Waals surface area contributed by atoms with E-state index >= 15 is 0 Å². The maximum absolute atomic E-state index is 13.4. The maximum Gasteiger partial charge on any atom is 0.221 e. The van der Waals surface area contributed by atoms with Crippen LogP contribution in [0.3, 0.4) is 0 Å². The number of primary amides is 1. The summed E-state index contributed by atoms with van der Waals surface area (Å²) in [7, 11) is 0. The van der Waals surface area contributed by atoms with Gasteiger partial charge in [-0.2, -0.15) is 5.10 Å². The van der Waals surface area contributed by atoms with Crippen LogP contribution in [0.25, 0.3) is 11.8 Å². The largest absolute Gasteiger partial charge is 0.369 e. The molecule has 162 valence electrons. The standard InChI is InChI=1S/C27H26FN3O/c28-22-5-7-23(8-6-22)31-24-14-21-10-12-26(17-27(21,26)15-20(24)16-30-31)11-9-18-3-1-2-4-19(18)13-25(29)32/h1-8,14,16H,9-13,15,17H2,(H2,29,32)/t26-,27-/m1/s1. The monoisotopic (exact) mass is 427 g/mol. The second-order valence-electron chi connectivity index (χ2n) is 9.74. The lowest BCUT2D eigenvalue weighted by atomic mass is 9.80. The highest BCUT2D eigenvalue weighted by Gasteiger charge is 2.71. The van der Waals surface area contributed by atoms with Gasteiger partial charge in [-0.1, -0.05) is 29.8 Å². The third-order valence-corrected chi connectivity index (χ3v) is 8.13. The first kappa shape index (κ1) is 19.5. The van der Waals surface area contributed by atoms with Crippen molar-refractivity contribution in [3.8, 4) is 5.69 Å². The van der Waals surface area contributed by atoms with E-state index in [2.05, 4.69) is 23.3 Å². The lowest BCUT2D eigenvalue weighted by Crippen LogP contribution is -2.18. The number of benzene rings is 2. The van der Waals surface area contributed by atoms with Crippen LogP contribution in [0, 0.1) is 16.6 Å². The first-order valence-corrected chi connectivity index (χ1v) is 11.4. The summed E-state index contributed by atoms with van der Waals surface area (Å²) in [5, 5.41) is 4.64. The molecule has 2 fully saturated rings. The normalized spacial score (nSPS) is 25.0. The Hall–Kier alpha value is -3.21. The highest BCUT2D eigenvalue weighted by atomic mass is 19.1. The number of fused-ring (bicyclic) bond motifs is 1. The van der Waals surface area contributed by atoms with Crippen LogP contribution in [0.5, 0.6) is 0 Å². The third kappa shape index (κ3) is 2.87. The Morgan fingerprint density at radius 1 is 1.12 bits per heavy atom. The number of allylic oxidation sites excluding steroid dienone is 1. The van der Waals surface area contributed by atoms with Gasteiger partial charge in [0.05, 0.1) is 24.0 Å². The summed E-state index contributed by atoms with van der Waals surface area (Å²) in [6.07, 6.45) is 11.4. The molecule has 6 rings (SSSR count). The number of hydrogen-bond donors (Lipinski definition) is 1. The van der Waals surface area contributed by atoms with E-state index in [9.17, 15) is 9.18 Å². The fraction of sp³-hybridized carbons (Fsp3) is 0.333. The number of halogens is 1. The first-order chi connectivity index (χ1) is 15.5. The van der Waals surface area contributed by atoms with E-state index in [1.807, 2.05) is 23.0 Å².